The van der Waals surface area contributed by atoms with Crippen LogP contribution in [0.5, 0.6) is 0 Å². The van der Waals surface area contributed by atoms with Crippen molar-refractivity contribution < 1.29 is 19.2 Å². The molecule has 3 aromatic carbocycles. The van der Waals surface area contributed by atoms with Crippen molar-refractivity contribution in [2.75, 3.05) is 6.54 Å². The average Bonchev–Trinajstić information content (AvgIpc) is 3.26. The number of amides is 4. The molecule has 1 heterocycles. The van der Waals surface area contributed by atoms with E-state index in [0.717, 1.165) is 43.2 Å². The van der Waals surface area contributed by atoms with Crippen LogP contribution in [-0.2, 0) is 22.6 Å². The Bertz CT molecular complexity index is 1450. The van der Waals surface area contributed by atoms with Gasteiger partial charge in [0.25, 0.3) is 11.8 Å². The molecule has 1 aliphatic heterocycles. The maximum absolute atomic E-state index is 14.0. The largest absolute Gasteiger partial charge is 0.352 e. The second kappa shape index (κ2) is 14.2. The van der Waals surface area contributed by atoms with Gasteiger partial charge in [-0.2, -0.15) is 0 Å². The fraction of sp³-hybridized carbons (Fsp3) is 0.353. The van der Waals surface area contributed by atoms with Crippen molar-refractivity contribution in [3.05, 3.63) is 105 Å². The predicted molar refractivity (Wildman–Crippen MR) is 167 cm³/mol. The van der Waals surface area contributed by atoms with Crippen molar-refractivity contribution in [2.45, 2.75) is 70.0 Å². The Hall–Kier alpha value is -3.68. The average molecular weight is 621 g/mol. The zero-order chi connectivity index (χ0) is 30.3. The lowest BCUT2D eigenvalue weighted by molar-refractivity contribution is -0.141. The van der Waals surface area contributed by atoms with Crippen molar-refractivity contribution in [1.82, 2.24) is 15.1 Å². The third-order valence-electron chi connectivity index (χ3n) is 8.21. The number of halogens is 2. The second-order valence-electron chi connectivity index (χ2n) is 11.2. The van der Waals surface area contributed by atoms with E-state index in [1.54, 1.807) is 47.4 Å². The van der Waals surface area contributed by atoms with E-state index in [1.807, 2.05) is 30.3 Å². The lowest BCUT2D eigenvalue weighted by Gasteiger charge is -2.33. The highest BCUT2D eigenvalue weighted by Gasteiger charge is 2.36. The summed E-state index contributed by atoms with van der Waals surface area (Å²) in [7, 11) is 0. The standard InChI is InChI=1S/C34H35Cl2N3O4/c35-28-18-17-24(20-29(28)36)22-39(31(40)16-9-19-38-33(42)26-14-7-8-15-27(26)34(38)43)30(21-23-10-3-1-4-11-23)32(41)37-25-12-5-2-6-13-25/h1,3-4,7-8,10-11,14-15,17-18,20,25,30H,2,5-6,9,12-13,16,19,21-22H2,(H,37,41)/t30-/m1/s1. The summed E-state index contributed by atoms with van der Waals surface area (Å²) in [5.41, 5.74) is 2.43. The maximum Gasteiger partial charge on any atom is 0.261 e. The summed E-state index contributed by atoms with van der Waals surface area (Å²) in [4.78, 5) is 56.4. The van der Waals surface area contributed by atoms with Crippen LogP contribution in [0.2, 0.25) is 10.0 Å². The van der Waals surface area contributed by atoms with E-state index < -0.39 is 6.04 Å². The number of benzene rings is 3. The highest BCUT2D eigenvalue weighted by atomic mass is 35.5. The van der Waals surface area contributed by atoms with E-state index in [4.69, 9.17) is 23.2 Å². The van der Waals surface area contributed by atoms with Crippen molar-refractivity contribution in [3.63, 3.8) is 0 Å². The first kappa shape index (κ1) is 30.8. The van der Waals surface area contributed by atoms with E-state index >= 15 is 0 Å². The first-order valence-corrected chi connectivity index (χ1v) is 15.6. The molecule has 1 fully saturated rings. The van der Waals surface area contributed by atoms with Crippen LogP contribution in [0.4, 0.5) is 0 Å². The molecule has 3 aromatic rings. The van der Waals surface area contributed by atoms with Crippen molar-refractivity contribution in [2.24, 2.45) is 0 Å². The maximum atomic E-state index is 14.0. The van der Waals surface area contributed by atoms with Crippen LogP contribution < -0.4 is 5.32 Å². The van der Waals surface area contributed by atoms with Gasteiger partial charge in [-0.3, -0.25) is 24.1 Å². The molecule has 1 saturated carbocycles. The lowest BCUT2D eigenvalue weighted by atomic mass is 9.94. The predicted octanol–water partition coefficient (Wildman–Crippen LogP) is 6.46. The highest BCUT2D eigenvalue weighted by Crippen LogP contribution is 2.26. The summed E-state index contributed by atoms with van der Waals surface area (Å²) in [6.45, 7) is 0.259. The van der Waals surface area contributed by atoms with E-state index in [1.165, 1.54) is 4.90 Å². The summed E-state index contributed by atoms with van der Waals surface area (Å²) in [5.74, 6) is -1.14. The highest BCUT2D eigenvalue weighted by molar-refractivity contribution is 6.42. The first-order chi connectivity index (χ1) is 20.8. The number of rotatable bonds is 11. The molecule has 0 radical (unpaired) electrons. The number of hydrogen-bond acceptors (Lipinski definition) is 4. The van der Waals surface area contributed by atoms with E-state index in [0.29, 0.717) is 27.6 Å². The summed E-state index contributed by atoms with van der Waals surface area (Å²) in [5, 5.41) is 3.99. The molecule has 0 aromatic heterocycles. The van der Waals surface area contributed by atoms with E-state index in [-0.39, 0.29) is 55.6 Å². The summed E-state index contributed by atoms with van der Waals surface area (Å²) in [6.07, 6.45) is 5.80. The molecule has 1 N–H and O–H groups in total. The second-order valence-corrected chi connectivity index (χ2v) is 12.0. The van der Waals surface area contributed by atoms with E-state index in [2.05, 4.69) is 5.32 Å². The number of imide groups is 1. The Morgan fingerprint density at radius 1 is 0.837 bits per heavy atom. The van der Waals surface area contributed by atoms with Gasteiger partial charge in [0.15, 0.2) is 0 Å². The molecular formula is C34H35Cl2N3O4. The molecule has 43 heavy (non-hydrogen) atoms. The number of nitrogens with one attached hydrogen (secondary N) is 1. The quantitative estimate of drug-likeness (QED) is 0.250. The molecule has 0 bridgehead atoms. The van der Waals surface area contributed by atoms with Gasteiger partial charge in [-0.1, -0.05) is 91.0 Å². The summed E-state index contributed by atoms with van der Waals surface area (Å²) in [6, 6.07) is 20.9. The van der Waals surface area contributed by atoms with Crippen LogP contribution in [-0.4, -0.2) is 52.1 Å². The minimum atomic E-state index is -0.773. The number of hydrogen-bond donors (Lipinski definition) is 1. The van der Waals surface area contributed by atoms with Gasteiger partial charge >= 0.3 is 0 Å². The van der Waals surface area contributed by atoms with E-state index in [9.17, 15) is 19.2 Å². The minimum Gasteiger partial charge on any atom is -0.352 e. The third kappa shape index (κ3) is 7.46. The molecule has 2 aliphatic rings. The SMILES string of the molecule is O=C(NC1CCCCC1)[C@@H](Cc1ccccc1)N(Cc1ccc(Cl)c(Cl)c1)C(=O)CCCN1C(=O)c2ccccc2C1=O. The molecule has 0 saturated heterocycles. The molecule has 0 unspecified atom stereocenters. The lowest BCUT2D eigenvalue weighted by Crippen LogP contribution is -2.52. The molecular weight excluding hydrogens is 585 g/mol. The Labute approximate surface area is 262 Å². The zero-order valence-electron chi connectivity index (χ0n) is 23.9. The third-order valence-corrected chi connectivity index (χ3v) is 8.95. The zero-order valence-corrected chi connectivity index (χ0v) is 25.4. The van der Waals surface area contributed by atoms with Gasteiger partial charge in [-0.05, 0) is 54.7 Å². The minimum absolute atomic E-state index is 0.0523. The molecule has 0 spiro atoms. The van der Waals surface area contributed by atoms with Gasteiger partial charge in [0.1, 0.15) is 6.04 Å². The monoisotopic (exact) mass is 619 g/mol. The molecule has 1 aliphatic carbocycles. The smallest absolute Gasteiger partial charge is 0.261 e. The fourth-order valence-electron chi connectivity index (χ4n) is 5.91. The van der Waals surface area contributed by atoms with Crippen LogP contribution in [0, 0.1) is 0 Å². The number of fused-ring (bicyclic) bond motifs is 1. The normalized spacial score (nSPS) is 15.7. The van der Waals surface area contributed by atoms with Crippen LogP contribution in [0.25, 0.3) is 0 Å². The molecule has 4 amide bonds. The molecule has 224 valence electrons. The Morgan fingerprint density at radius 3 is 2.14 bits per heavy atom. The number of carbonyl (C=O) groups excluding carboxylic acids is 4. The topological polar surface area (TPSA) is 86.8 Å². The van der Waals surface area contributed by atoms with Gasteiger partial charge in [-0.25, -0.2) is 0 Å². The van der Waals surface area contributed by atoms with Crippen LogP contribution >= 0.6 is 23.2 Å². The van der Waals surface area contributed by atoms with Gasteiger partial charge in [0, 0.05) is 32.0 Å². The van der Waals surface area contributed by atoms with Crippen LogP contribution in [0.3, 0.4) is 0 Å². The van der Waals surface area contributed by atoms with Crippen molar-refractivity contribution in [1.29, 1.82) is 0 Å². The fourth-order valence-corrected chi connectivity index (χ4v) is 6.23. The molecule has 5 rings (SSSR count). The Balaban J connectivity index is 1.37. The molecule has 7 nitrogen and oxygen atoms in total. The van der Waals surface area contributed by atoms with Crippen molar-refractivity contribution in [3.8, 4) is 0 Å². The number of nitrogens with zero attached hydrogens (tertiary/aromatic N) is 2. The van der Waals surface area contributed by atoms with Gasteiger partial charge < -0.3 is 10.2 Å². The Kier molecular flexibility index (Phi) is 10.2. The number of carbonyl (C=O) groups is 4. The first-order valence-electron chi connectivity index (χ1n) is 14.8. The molecule has 1 atom stereocenters. The Morgan fingerprint density at radius 2 is 1.49 bits per heavy atom. The summed E-state index contributed by atoms with van der Waals surface area (Å²) >= 11 is 12.5. The van der Waals surface area contributed by atoms with Crippen LogP contribution in [0.15, 0.2) is 72.8 Å². The van der Waals surface area contributed by atoms with Crippen LogP contribution in [0.1, 0.15) is 76.8 Å². The van der Waals surface area contributed by atoms with Crippen molar-refractivity contribution >= 4 is 46.8 Å². The summed E-state index contributed by atoms with van der Waals surface area (Å²) < 4.78 is 0. The van der Waals surface area contributed by atoms with Gasteiger partial charge in [-0.15, -0.1) is 0 Å². The van der Waals surface area contributed by atoms with Gasteiger partial charge in [0.2, 0.25) is 11.8 Å². The van der Waals surface area contributed by atoms with Gasteiger partial charge in [0.05, 0.1) is 21.2 Å². The molecule has 9 heteroatoms.